The first-order valence-electron chi connectivity index (χ1n) is 6.59. The number of alkyl halides is 3. The highest BCUT2D eigenvalue weighted by atomic mass is 19.4. The number of benzene rings is 1. The molecule has 1 aromatic rings. The van der Waals surface area contributed by atoms with Crippen molar-refractivity contribution in [1.29, 1.82) is 0 Å². The first-order chi connectivity index (χ1) is 9.86. The minimum Gasteiger partial charge on any atom is -0.354 e. The van der Waals surface area contributed by atoms with Gasteiger partial charge in [-0.2, -0.15) is 13.2 Å². The van der Waals surface area contributed by atoms with Crippen molar-refractivity contribution in [2.45, 2.75) is 31.5 Å². The van der Waals surface area contributed by atoms with E-state index in [4.69, 9.17) is 0 Å². The first kappa shape index (κ1) is 15.3. The van der Waals surface area contributed by atoms with Crippen molar-refractivity contribution in [3.63, 3.8) is 0 Å². The van der Waals surface area contributed by atoms with Gasteiger partial charge in [-0.15, -0.1) is 0 Å². The second kappa shape index (κ2) is 6.15. The Hall–Kier alpha value is -2.05. The molecule has 1 aliphatic heterocycles. The van der Waals surface area contributed by atoms with E-state index in [1.54, 1.807) is 0 Å². The lowest BCUT2D eigenvalue weighted by Crippen LogP contribution is -2.50. The van der Waals surface area contributed by atoms with Crippen LogP contribution in [-0.2, 0) is 22.2 Å². The molecule has 4 nitrogen and oxygen atoms in total. The second-order valence-corrected chi connectivity index (χ2v) is 4.93. The van der Waals surface area contributed by atoms with Gasteiger partial charge in [0.1, 0.15) is 6.04 Å². The van der Waals surface area contributed by atoms with E-state index < -0.39 is 23.7 Å². The van der Waals surface area contributed by atoms with Gasteiger partial charge in [-0.25, -0.2) is 0 Å². The average molecular weight is 300 g/mol. The second-order valence-electron chi connectivity index (χ2n) is 4.93. The van der Waals surface area contributed by atoms with Crippen molar-refractivity contribution in [1.82, 2.24) is 10.6 Å². The number of nitrogens with one attached hydrogen (secondary N) is 2. The van der Waals surface area contributed by atoms with E-state index in [9.17, 15) is 22.8 Å². The van der Waals surface area contributed by atoms with Crippen LogP contribution in [0.5, 0.6) is 0 Å². The summed E-state index contributed by atoms with van der Waals surface area (Å²) in [6.45, 7) is 0.582. The lowest BCUT2D eigenvalue weighted by atomic mass is 10.0. The third-order valence-corrected chi connectivity index (χ3v) is 3.24. The molecule has 114 valence electrons. The zero-order chi connectivity index (χ0) is 15.5. The molecule has 1 unspecified atom stereocenters. The number of piperidine rings is 1. The van der Waals surface area contributed by atoms with Gasteiger partial charge in [0.2, 0.25) is 11.8 Å². The maximum absolute atomic E-state index is 12.6. The summed E-state index contributed by atoms with van der Waals surface area (Å²) in [6.07, 6.45) is -3.32. The quantitative estimate of drug-likeness (QED) is 0.891. The molecule has 0 spiro atoms. The number of rotatable bonds is 3. The smallest absolute Gasteiger partial charge is 0.354 e. The third kappa shape index (κ3) is 4.21. The summed E-state index contributed by atoms with van der Waals surface area (Å²) in [5.41, 5.74) is -0.526. The highest BCUT2D eigenvalue weighted by Crippen LogP contribution is 2.29. The highest BCUT2D eigenvalue weighted by molar-refractivity contribution is 5.88. The Labute approximate surface area is 119 Å². The molecule has 2 amide bonds. The molecule has 0 radical (unpaired) electrons. The molecule has 0 saturated carbocycles. The molecule has 0 bridgehead atoms. The van der Waals surface area contributed by atoms with Crippen LogP contribution in [0.15, 0.2) is 24.3 Å². The number of halogens is 3. The lowest BCUT2D eigenvalue weighted by Gasteiger charge is -2.22. The molecule has 21 heavy (non-hydrogen) atoms. The number of hydrogen-bond acceptors (Lipinski definition) is 2. The van der Waals surface area contributed by atoms with Gasteiger partial charge in [-0.3, -0.25) is 9.59 Å². The maximum atomic E-state index is 12.6. The summed E-state index contributed by atoms with van der Waals surface area (Å²) in [4.78, 5) is 23.3. The monoisotopic (exact) mass is 300 g/mol. The van der Waals surface area contributed by atoms with Crippen LogP contribution in [0.1, 0.15) is 24.0 Å². The van der Waals surface area contributed by atoms with Crippen molar-refractivity contribution >= 4 is 11.8 Å². The Balaban J connectivity index is 1.98. The van der Waals surface area contributed by atoms with Crippen LogP contribution in [0.4, 0.5) is 13.2 Å². The largest absolute Gasteiger partial charge is 0.416 e. The molecule has 2 N–H and O–H groups in total. The highest BCUT2D eigenvalue weighted by Gasteiger charge is 2.30. The van der Waals surface area contributed by atoms with Crippen LogP contribution < -0.4 is 10.6 Å². The van der Waals surface area contributed by atoms with Crippen molar-refractivity contribution in [3.8, 4) is 0 Å². The summed E-state index contributed by atoms with van der Waals surface area (Å²) in [5.74, 6) is -0.713. The Morgan fingerprint density at radius 2 is 2.14 bits per heavy atom. The molecule has 1 saturated heterocycles. The Morgan fingerprint density at radius 3 is 2.81 bits per heavy atom. The van der Waals surface area contributed by atoms with Gasteiger partial charge in [0.15, 0.2) is 0 Å². The minimum atomic E-state index is -4.43. The Kier molecular flexibility index (Phi) is 4.50. The summed E-state index contributed by atoms with van der Waals surface area (Å²) in [5, 5.41) is 5.17. The topological polar surface area (TPSA) is 58.2 Å². The molecule has 1 aliphatic rings. The predicted octanol–water partition coefficient (Wildman–Crippen LogP) is 1.64. The summed E-state index contributed by atoms with van der Waals surface area (Å²) >= 11 is 0. The van der Waals surface area contributed by atoms with Gasteiger partial charge >= 0.3 is 6.18 Å². The van der Waals surface area contributed by atoms with E-state index in [1.165, 1.54) is 12.1 Å². The van der Waals surface area contributed by atoms with Crippen molar-refractivity contribution in [2.24, 2.45) is 0 Å². The van der Waals surface area contributed by atoms with Crippen LogP contribution in [0.25, 0.3) is 0 Å². The van der Waals surface area contributed by atoms with E-state index in [0.717, 1.165) is 18.6 Å². The number of carbonyl (C=O) groups is 2. The summed E-state index contributed by atoms with van der Waals surface area (Å²) in [7, 11) is 0. The van der Waals surface area contributed by atoms with E-state index in [-0.39, 0.29) is 17.9 Å². The summed E-state index contributed by atoms with van der Waals surface area (Å²) in [6, 6.07) is 4.02. The molecular formula is C14H15F3N2O2. The fourth-order valence-corrected chi connectivity index (χ4v) is 2.20. The SMILES string of the molecule is O=C(Cc1cccc(C(F)(F)F)c1)NC1CCCNC1=O. The first-order valence-corrected chi connectivity index (χ1v) is 6.59. The number of hydrogen-bond donors (Lipinski definition) is 2. The van der Waals surface area contributed by atoms with Crippen molar-refractivity contribution < 1.29 is 22.8 Å². The Morgan fingerprint density at radius 1 is 1.38 bits per heavy atom. The van der Waals surface area contributed by atoms with Gasteiger partial charge in [0.05, 0.1) is 12.0 Å². The van der Waals surface area contributed by atoms with Crippen LogP contribution in [0, 0.1) is 0 Å². The normalized spacial score (nSPS) is 19.0. The molecule has 1 heterocycles. The van der Waals surface area contributed by atoms with Crippen molar-refractivity contribution in [2.75, 3.05) is 6.54 Å². The number of carbonyl (C=O) groups excluding carboxylic acids is 2. The molecule has 2 rings (SSSR count). The maximum Gasteiger partial charge on any atom is 0.416 e. The average Bonchev–Trinajstić information content (AvgIpc) is 2.41. The fraction of sp³-hybridized carbons (Fsp3) is 0.429. The fourth-order valence-electron chi connectivity index (χ4n) is 2.20. The van der Waals surface area contributed by atoms with E-state index in [2.05, 4.69) is 10.6 Å². The zero-order valence-electron chi connectivity index (χ0n) is 11.2. The molecule has 1 atom stereocenters. The molecule has 1 aromatic carbocycles. The molecule has 0 aromatic heterocycles. The van der Waals surface area contributed by atoms with Gasteiger partial charge in [-0.1, -0.05) is 18.2 Å². The number of amides is 2. The van der Waals surface area contributed by atoms with Gasteiger partial charge in [-0.05, 0) is 24.5 Å². The van der Waals surface area contributed by atoms with Crippen molar-refractivity contribution in [3.05, 3.63) is 35.4 Å². The third-order valence-electron chi connectivity index (χ3n) is 3.24. The van der Waals surface area contributed by atoms with Gasteiger partial charge < -0.3 is 10.6 Å². The van der Waals surface area contributed by atoms with E-state index in [0.29, 0.717) is 13.0 Å². The van der Waals surface area contributed by atoms with Gasteiger partial charge in [0.25, 0.3) is 0 Å². The standard InChI is InChI=1S/C14H15F3N2O2/c15-14(16,17)10-4-1-3-9(7-10)8-12(20)19-11-5-2-6-18-13(11)21/h1,3-4,7,11H,2,5-6,8H2,(H,18,21)(H,19,20). The molecular weight excluding hydrogens is 285 g/mol. The van der Waals surface area contributed by atoms with E-state index in [1.807, 2.05) is 0 Å². The van der Waals surface area contributed by atoms with Crippen LogP contribution in [0.3, 0.4) is 0 Å². The predicted molar refractivity (Wildman–Crippen MR) is 69.3 cm³/mol. The van der Waals surface area contributed by atoms with Gasteiger partial charge in [0, 0.05) is 6.54 Å². The van der Waals surface area contributed by atoms with Crippen LogP contribution in [-0.4, -0.2) is 24.4 Å². The minimum absolute atomic E-state index is 0.187. The lowest BCUT2D eigenvalue weighted by molar-refractivity contribution is -0.137. The molecule has 1 fully saturated rings. The zero-order valence-corrected chi connectivity index (χ0v) is 11.2. The Bertz CT molecular complexity index is 543. The van der Waals surface area contributed by atoms with Crippen LogP contribution in [0.2, 0.25) is 0 Å². The molecule has 0 aliphatic carbocycles. The van der Waals surface area contributed by atoms with Crippen LogP contribution >= 0.6 is 0 Å². The summed E-state index contributed by atoms with van der Waals surface area (Å²) < 4.78 is 37.7. The van der Waals surface area contributed by atoms with E-state index >= 15 is 0 Å². The molecule has 7 heteroatoms.